The Morgan fingerprint density at radius 3 is 2.14 bits per heavy atom. The maximum atomic E-state index is 13.6. The third kappa shape index (κ3) is 6.81. The number of hydrogen-bond donors (Lipinski definition) is 1. The van der Waals surface area contributed by atoms with Gasteiger partial charge in [0.25, 0.3) is 5.79 Å². The Balaban J connectivity index is 1.82. The van der Waals surface area contributed by atoms with Gasteiger partial charge in [0.05, 0.1) is 0 Å². The van der Waals surface area contributed by atoms with Crippen LogP contribution in [0.1, 0.15) is 53.5 Å². The first kappa shape index (κ1) is 26.2. The van der Waals surface area contributed by atoms with Gasteiger partial charge in [-0.2, -0.15) is 0 Å². The van der Waals surface area contributed by atoms with Crippen molar-refractivity contribution in [1.29, 1.82) is 0 Å². The summed E-state index contributed by atoms with van der Waals surface area (Å²) in [5, 5.41) is 2.78. The zero-order chi connectivity index (χ0) is 26.0. The zero-order valence-electron chi connectivity index (χ0n) is 20.9. The van der Waals surface area contributed by atoms with Gasteiger partial charge in [0.1, 0.15) is 11.4 Å². The molecule has 0 saturated carbocycles. The summed E-state index contributed by atoms with van der Waals surface area (Å²) < 4.78 is 29.6. The van der Waals surface area contributed by atoms with Crippen LogP contribution in [-0.2, 0) is 30.2 Å². The minimum Gasteiger partial charge on any atom is -0.444 e. The molecule has 1 saturated heterocycles. The molecule has 1 heterocycles. The second-order valence-corrected chi connectivity index (χ2v) is 10.5. The SMILES string of the molecule is CC(C)(C)OC(=O)NC(Cc1ccc(-c2cccc(F)c2)cc1)CC1(C)C(=O)OC(C)(C)OC1=O. The molecule has 188 valence electrons. The molecule has 1 aliphatic rings. The Morgan fingerprint density at radius 2 is 1.60 bits per heavy atom. The van der Waals surface area contributed by atoms with Crippen LogP contribution < -0.4 is 5.32 Å². The molecule has 1 N–H and O–H groups in total. The lowest BCUT2D eigenvalue weighted by molar-refractivity contribution is -0.250. The normalized spacial score (nSPS) is 17.7. The van der Waals surface area contributed by atoms with Gasteiger partial charge < -0.3 is 19.5 Å². The minimum atomic E-state index is -1.60. The molecule has 0 radical (unpaired) electrons. The van der Waals surface area contributed by atoms with Crippen LogP contribution >= 0.6 is 0 Å². The number of carbonyl (C=O) groups excluding carboxylic acids is 3. The van der Waals surface area contributed by atoms with Crippen molar-refractivity contribution in [2.24, 2.45) is 5.41 Å². The predicted molar refractivity (Wildman–Crippen MR) is 128 cm³/mol. The first-order valence-corrected chi connectivity index (χ1v) is 11.5. The average Bonchev–Trinajstić information content (AvgIpc) is 2.71. The molecule has 0 bridgehead atoms. The Morgan fingerprint density at radius 1 is 1.00 bits per heavy atom. The monoisotopic (exact) mass is 485 g/mol. The minimum absolute atomic E-state index is 0.0500. The van der Waals surface area contributed by atoms with E-state index in [1.807, 2.05) is 30.3 Å². The van der Waals surface area contributed by atoms with Crippen molar-refractivity contribution in [3.05, 3.63) is 59.9 Å². The Bertz CT molecular complexity index is 1080. The van der Waals surface area contributed by atoms with E-state index in [-0.39, 0.29) is 12.2 Å². The van der Waals surface area contributed by atoms with E-state index in [1.165, 1.54) is 32.9 Å². The smallest absolute Gasteiger partial charge is 0.407 e. The third-order valence-electron chi connectivity index (χ3n) is 5.55. The lowest BCUT2D eigenvalue weighted by Gasteiger charge is -2.39. The molecule has 2 aromatic carbocycles. The van der Waals surface area contributed by atoms with Gasteiger partial charge >= 0.3 is 18.0 Å². The van der Waals surface area contributed by atoms with Crippen molar-refractivity contribution in [2.45, 2.75) is 71.8 Å². The number of alkyl carbamates (subject to hydrolysis) is 1. The third-order valence-corrected chi connectivity index (χ3v) is 5.55. The molecule has 3 rings (SSSR count). The summed E-state index contributed by atoms with van der Waals surface area (Å²) in [5.74, 6) is -3.10. The number of rotatable bonds is 6. The van der Waals surface area contributed by atoms with E-state index in [4.69, 9.17) is 14.2 Å². The van der Waals surface area contributed by atoms with Gasteiger partial charge in [0.2, 0.25) is 0 Å². The van der Waals surface area contributed by atoms with Crippen LogP contribution in [0.4, 0.5) is 9.18 Å². The van der Waals surface area contributed by atoms with Gasteiger partial charge in [-0.1, -0.05) is 36.4 Å². The van der Waals surface area contributed by atoms with Crippen molar-refractivity contribution in [2.75, 3.05) is 0 Å². The summed E-state index contributed by atoms with van der Waals surface area (Å²) in [7, 11) is 0. The van der Waals surface area contributed by atoms with Gasteiger partial charge in [0, 0.05) is 19.9 Å². The van der Waals surface area contributed by atoms with Crippen LogP contribution in [0.3, 0.4) is 0 Å². The number of hydrogen-bond acceptors (Lipinski definition) is 6. The summed E-state index contributed by atoms with van der Waals surface area (Å²) in [5.41, 5.74) is 0.0863. The van der Waals surface area contributed by atoms with Gasteiger partial charge in [-0.05, 0) is 69.4 Å². The molecule has 0 aliphatic carbocycles. The highest BCUT2D eigenvalue weighted by atomic mass is 19.1. The number of benzene rings is 2. The second kappa shape index (κ2) is 9.68. The molecular formula is C27H32FNO6. The molecule has 0 spiro atoms. The average molecular weight is 486 g/mol. The number of nitrogens with one attached hydrogen (secondary N) is 1. The summed E-state index contributed by atoms with van der Waals surface area (Å²) in [6.45, 7) is 9.64. The lowest BCUT2D eigenvalue weighted by atomic mass is 9.81. The summed E-state index contributed by atoms with van der Waals surface area (Å²) >= 11 is 0. The van der Waals surface area contributed by atoms with Crippen LogP contribution in [0.5, 0.6) is 0 Å². The molecule has 7 nitrogen and oxygen atoms in total. The number of halogens is 1. The molecule has 1 atom stereocenters. The topological polar surface area (TPSA) is 90.9 Å². The number of cyclic esters (lactones) is 2. The van der Waals surface area contributed by atoms with Crippen LogP contribution in [0.2, 0.25) is 0 Å². The summed E-state index contributed by atoms with van der Waals surface area (Å²) in [6, 6.07) is 13.1. The molecule has 1 fully saturated rings. The van der Waals surface area contributed by atoms with Crippen LogP contribution in [0.25, 0.3) is 11.1 Å². The highest BCUT2D eigenvalue weighted by Crippen LogP contribution is 2.36. The second-order valence-electron chi connectivity index (χ2n) is 10.5. The van der Waals surface area contributed by atoms with Gasteiger partial charge in [-0.3, -0.25) is 9.59 Å². The van der Waals surface area contributed by atoms with Crippen LogP contribution in [-0.4, -0.2) is 35.5 Å². The molecule has 8 heteroatoms. The van der Waals surface area contributed by atoms with Crippen molar-refractivity contribution in [3.8, 4) is 11.1 Å². The fraction of sp³-hybridized carbons (Fsp3) is 0.444. The number of ether oxygens (including phenoxy) is 3. The van der Waals surface area contributed by atoms with E-state index in [0.717, 1.165) is 16.7 Å². The first-order valence-electron chi connectivity index (χ1n) is 11.5. The fourth-order valence-electron chi connectivity index (χ4n) is 3.87. The highest BCUT2D eigenvalue weighted by Gasteiger charge is 2.53. The van der Waals surface area contributed by atoms with Crippen LogP contribution in [0.15, 0.2) is 48.5 Å². The van der Waals surface area contributed by atoms with Gasteiger partial charge in [-0.15, -0.1) is 0 Å². The number of carbonyl (C=O) groups is 3. The van der Waals surface area contributed by atoms with Gasteiger partial charge in [-0.25, -0.2) is 9.18 Å². The molecule has 1 amide bonds. The molecule has 1 aliphatic heterocycles. The molecular weight excluding hydrogens is 453 g/mol. The predicted octanol–water partition coefficient (Wildman–Crippen LogP) is 5.16. The Labute approximate surface area is 204 Å². The molecule has 0 aromatic heterocycles. The molecule has 1 unspecified atom stereocenters. The van der Waals surface area contributed by atoms with E-state index in [0.29, 0.717) is 6.42 Å². The zero-order valence-corrected chi connectivity index (χ0v) is 20.9. The maximum absolute atomic E-state index is 13.6. The Kier molecular flexibility index (Phi) is 7.24. The van der Waals surface area contributed by atoms with E-state index in [1.54, 1.807) is 26.8 Å². The number of esters is 2. The van der Waals surface area contributed by atoms with E-state index in [9.17, 15) is 18.8 Å². The highest BCUT2D eigenvalue weighted by molar-refractivity contribution is 6.01. The number of amides is 1. The quantitative estimate of drug-likeness (QED) is 0.449. The lowest BCUT2D eigenvalue weighted by Crippen LogP contribution is -2.55. The largest absolute Gasteiger partial charge is 0.444 e. The Hall–Kier alpha value is -3.42. The fourth-order valence-corrected chi connectivity index (χ4v) is 3.87. The molecule has 35 heavy (non-hydrogen) atoms. The van der Waals surface area contributed by atoms with Crippen molar-refractivity contribution in [1.82, 2.24) is 5.32 Å². The van der Waals surface area contributed by atoms with E-state index < -0.39 is 40.9 Å². The van der Waals surface area contributed by atoms with Gasteiger partial charge in [0.15, 0.2) is 5.41 Å². The maximum Gasteiger partial charge on any atom is 0.407 e. The van der Waals surface area contributed by atoms with Crippen molar-refractivity contribution >= 4 is 18.0 Å². The summed E-state index contributed by atoms with van der Waals surface area (Å²) in [6.07, 6.45) is -0.409. The molecule has 2 aromatic rings. The first-order chi connectivity index (χ1) is 16.2. The standard InChI is InChI=1S/C27H32FNO6/c1-25(2,3)35-24(32)29-21(16-27(6)22(30)33-26(4,5)34-23(27)31)14-17-10-12-18(13-11-17)19-8-7-9-20(28)15-19/h7-13,15,21H,14,16H2,1-6H3,(H,29,32). The van der Waals surface area contributed by atoms with E-state index >= 15 is 0 Å². The van der Waals surface area contributed by atoms with Crippen molar-refractivity contribution < 1.29 is 33.0 Å². The van der Waals surface area contributed by atoms with Crippen LogP contribution in [0, 0.1) is 11.2 Å². The van der Waals surface area contributed by atoms with Crippen molar-refractivity contribution in [3.63, 3.8) is 0 Å². The van der Waals surface area contributed by atoms with E-state index in [2.05, 4.69) is 5.32 Å². The summed E-state index contributed by atoms with van der Waals surface area (Å²) in [4.78, 5) is 38.1.